The Hall–Kier alpha value is -0.930. The van der Waals surface area contributed by atoms with Crippen molar-refractivity contribution in [2.24, 2.45) is 0 Å². The molecule has 0 bridgehead atoms. The minimum Gasteiger partial charge on any atom is -0.318 e. The van der Waals surface area contributed by atoms with Crippen molar-refractivity contribution in [3.05, 3.63) is 29.6 Å². The molecule has 1 unspecified atom stereocenters. The summed E-state index contributed by atoms with van der Waals surface area (Å²) in [6, 6.07) is 4.98. The third-order valence-corrected chi connectivity index (χ3v) is 3.28. The summed E-state index contributed by atoms with van der Waals surface area (Å²) in [5.74, 6) is 0. The summed E-state index contributed by atoms with van der Waals surface area (Å²) in [6.45, 7) is 5.37. The molecule has 3 heteroatoms. The lowest BCUT2D eigenvalue weighted by Crippen LogP contribution is -2.36. The Balaban J connectivity index is 1.95. The van der Waals surface area contributed by atoms with E-state index in [0.29, 0.717) is 6.04 Å². The number of likely N-dealkylation sites (N-methyl/N-ethyl adjacent to an activating group) is 1. The maximum absolute atomic E-state index is 4.47. The molecule has 3 nitrogen and oxygen atoms in total. The van der Waals surface area contributed by atoms with E-state index < -0.39 is 0 Å². The molecule has 1 aromatic heterocycles. The van der Waals surface area contributed by atoms with Gasteiger partial charge in [-0.15, -0.1) is 0 Å². The van der Waals surface area contributed by atoms with Gasteiger partial charge in [0.1, 0.15) is 0 Å². The van der Waals surface area contributed by atoms with Crippen LogP contribution in [0.5, 0.6) is 0 Å². The summed E-state index contributed by atoms with van der Waals surface area (Å²) in [5, 5.41) is 3.27. The van der Waals surface area contributed by atoms with Crippen molar-refractivity contribution in [1.82, 2.24) is 15.2 Å². The zero-order chi connectivity index (χ0) is 11.4. The Morgan fingerprint density at radius 1 is 1.50 bits per heavy atom. The van der Waals surface area contributed by atoms with Crippen LogP contribution in [0.2, 0.25) is 0 Å². The highest BCUT2D eigenvalue weighted by Crippen LogP contribution is 2.18. The fourth-order valence-corrected chi connectivity index (χ4v) is 2.37. The van der Waals surface area contributed by atoms with Gasteiger partial charge in [-0.25, -0.2) is 0 Å². The monoisotopic (exact) mass is 219 g/mol. The highest BCUT2D eigenvalue weighted by molar-refractivity contribution is 5.12. The largest absolute Gasteiger partial charge is 0.318 e. The SMILES string of the molecule is CNCC1CCCN1Cc1ccc(C)cn1. The molecule has 1 saturated heterocycles. The van der Waals surface area contributed by atoms with Gasteiger partial charge in [0.2, 0.25) is 0 Å². The number of nitrogens with zero attached hydrogens (tertiary/aromatic N) is 2. The van der Waals surface area contributed by atoms with E-state index in [9.17, 15) is 0 Å². The molecular weight excluding hydrogens is 198 g/mol. The second-order valence-corrected chi connectivity index (χ2v) is 4.65. The third kappa shape index (κ3) is 2.80. The van der Waals surface area contributed by atoms with Crippen molar-refractivity contribution in [3.63, 3.8) is 0 Å². The summed E-state index contributed by atoms with van der Waals surface area (Å²) in [4.78, 5) is 7.01. The average Bonchev–Trinajstić information content (AvgIpc) is 2.70. The van der Waals surface area contributed by atoms with E-state index in [1.807, 2.05) is 13.2 Å². The molecule has 2 rings (SSSR count). The second-order valence-electron chi connectivity index (χ2n) is 4.65. The zero-order valence-electron chi connectivity index (χ0n) is 10.2. The van der Waals surface area contributed by atoms with Gasteiger partial charge in [0.25, 0.3) is 0 Å². The van der Waals surface area contributed by atoms with Crippen molar-refractivity contribution in [3.8, 4) is 0 Å². The van der Waals surface area contributed by atoms with E-state index in [4.69, 9.17) is 0 Å². The molecule has 0 aromatic carbocycles. The predicted molar refractivity (Wildman–Crippen MR) is 66.3 cm³/mol. The average molecular weight is 219 g/mol. The number of pyridine rings is 1. The highest BCUT2D eigenvalue weighted by atomic mass is 15.2. The zero-order valence-corrected chi connectivity index (χ0v) is 10.2. The summed E-state index contributed by atoms with van der Waals surface area (Å²) in [5.41, 5.74) is 2.42. The molecule has 1 fully saturated rings. The van der Waals surface area contributed by atoms with Crippen LogP contribution in [0.25, 0.3) is 0 Å². The maximum Gasteiger partial charge on any atom is 0.0544 e. The van der Waals surface area contributed by atoms with Crippen molar-refractivity contribution in [1.29, 1.82) is 0 Å². The van der Waals surface area contributed by atoms with Gasteiger partial charge in [0, 0.05) is 25.3 Å². The summed E-state index contributed by atoms with van der Waals surface area (Å²) in [7, 11) is 2.03. The molecule has 0 spiro atoms. The van der Waals surface area contributed by atoms with Crippen LogP contribution < -0.4 is 5.32 Å². The normalized spacial score (nSPS) is 21.5. The topological polar surface area (TPSA) is 28.2 Å². The number of likely N-dealkylation sites (tertiary alicyclic amines) is 1. The van der Waals surface area contributed by atoms with Gasteiger partial charge >= 0.3 is 0 Å². The van der Waals surface area contributed by atoms with E-state index in [1.165, 1.54) is 30.6 Å². The first-order chi connectivity index (χ1) is 7.79. The summed E-state index contributed by atoms with van der Waals surface area (Å²) >= 11 is 0. The molecule has 1 aromatic rings. The van der Waals surface area contributed by atoms with Crippen LogP contribution >= 0.6 is 0 Å². The molecule has 2 heterocycles. The van der Waals surface area contributed by atoms with Crippen LogP contribution in [0, 0.1) is 6.92 Å². The van der Waals surface area contributed by atoms with Crippen LogP contribution in [-0.4, -0.2) is 36.1 Å². The van der Waals surface area contributed by atoms with Crippen molar-refractivity contribution >= 4 is 0 Å². The standard InChI is InChI=1S/C13H21N3/c1-11-5-6-12(15-8-11)10-16-7-3-4-13(16)9-14-2/h5-6,8,13-14H,3-4,7,9-10H2,1-2H3. The van der Waals surface area contributed by atoms with E-state index in [0.717, 1.165) is 13.1 Å². The first kappa shape index (κ1) is 11.6. The van der Waals surface area contributed by atoms with Crippen LogP contribution in [0.1, 0.15) is 24.1 Å². The molecule has 0 saturated carbocycles. The van der Waals surface area contributed by atoms with Gasteiger partial charge in [-0.3, -0.25) is 9.88 Å². The molecule has 1 aliphatic heterocycles. The summed E-state index contributed by atoms with van der Waals surface area (Å²) < 4.78 is 0. The maximum atomic E-state index is 4.47. The first-order valence-corrected chi connectivity index (χ1v) is 6.10. The molecule has 1 aliphatic rings. The number of hydrogen-bond acceptors (Lipinski definition) is 3. The molecule has 16 heavy (non-hydrogen) atoms. The lowest BCUT2D eigenvalue weighted by atomic mass is 10.2. The smallest absolute Gasteiger partial charge is 0.0544 e. The molecule has 0 amide bonds. The van der Waals surface area contributed by atoms with Crippen molar-refractivity contribution in [2.45, 2.75) is 32.4 Å². The number of hydrogen-bond donors (Lipinski definition) is 1. The van der Waals surface area contributed by atoms with Gasteiger partial charge in [-0.05, 0) is 45.0 Å². The van der Waals surface area contributed by atoms with Crippen LogP contribution in [-0.2, 0) is 6.54 Å². The van der Waals surface area contributed by atoms with Crippen molar-refractivity contribution in [2.75, 3.05) is 20.1 Å². The fraction of sp³-hybridized carbons (Fsp3) is 0.615. The number of rotatable bonds is 4. The minimum absolute atomic E-state index is 0.688. The van der Waals surface area contributed by atoms with E-state index in [2.05, 4.69) is 34.3 Å². The highest BCUT2D eigenvalue weighted by Gasteiger charge is 2.23. The van der Waals surface area contributed by atoms with E-state index in [1.54, 1.807) is 0 Å². The minimum atomic E-state index is 0.688. The Morgan fingerprint density at radius 3 is 3.06 bits per heavy atom. The van der Waals surface area contributed by atoms with E-state index in [-0.39, 0.29) is 0 Å². The second kappa shape index (κ2) is 5.41. The Kier molecular flexibility index (Phi) is 3.91. The molecular formula is C13H21N3. The summed E-state index contributed by atoms with van der Waals surface area (Å²) in [6.07, 6.45) is 4.59. The lowest BCUT2D eigenvalue weighted by Gasteiger charge is -2.23. The fourth-order valence-electron chi connectivity index (χ4n) is 2.37. The predicted octanol–water partition coefficient (Wildman–Crippen LogP) is 1.57. The molecule has 1 atom stereocenters. The lowest BCUT2D eigenvalue weighted by molar-refractivity contribution is 0.239. The number of aryl methyl sites for hydroxylation is 1. The quantitative estimate of drug-likeness (QED) is 0.833. The Labute approximate surface area is 97.9 Å². The van der Waals surface area contributed by atoms with Crippen LogP contribution in [0.3, 0.4) is 0 Å². The number of aromatic nitrogens is 1. The Morgan fingerprint density at radius 2 is 2.38 bits per heavy atom. The van der Waals surface area contributed by atoms with Gasteiger partial charge in [-0.1, -0.05) is 6.07 Å². The van der Waals surface area contributed by atoms with Crippen LogP contribution in [0.4, 0.5) is 0 Å². The third-order valence-electron chi connectivity index (χ3n) is 3.28. The molecule has 0 aliphatic carbocycles. The van der Waals surface area contributed by atoms with Gasteiger partial charge in [0.05, 0.1) is 5.69 Å². The first-order valence-electron chi connectivity index (χ1n) is 6.10. The van der Waals surface area contributed by atoms with Gasteiger partial charge in [0.15, 0.2) is 0 Å². The van der Waals surface area contributed by atoms with Crippen LogP contribution in [0.15, 0.2) is 18.3 Å². The van der Waals surface area contributed by atoms with E-state index >= 15 is 0 Å². The van der Waals surface area contributed by atoms with Crippen molar-refractivity contribution < 1.29 is 0 Å². The van der Waals surface area contributed by atoms with Gasteiger partial charge in [-0.2, -0.15) is 0 Å². The Bertz CT molecular complexity index is 320. The number of nitrogens with one attached hydrogen (secondary N) is 1. The molecule has 88 valence electrons. The van der Waals surface area contributed by atoms with Gasteiger partial charge < -0.3 is 5.32 Å². The molecule has 0 radical (unpaired) electrons. The molecule has 1 N–H and O–H groups in total.